The number of rotatable bonds is 3. The third-order valence-corrected chi connectivity index (χ3v) is 3.75. The molecule has 1 aromatic carbocycles. The predicted molar refractivity (Wildman–Crippen MR) is 79.0 cm³/mol. The van der Waals surface area contributed by atoms with Crippen LogP contribution in [0.2, 0.25) is 0 Å². The lowest BCUT2D eigenvalue weighted by atomic mass is 9.89. The van der Waals surface area contributed by atoms with E-state index >= 15 is 0 Å². The molecular formula is C17H22O3. The summed E-state index contributed by atoms with van der Waals surface area (Å²) in [7, 11) is 1.63. The van der Waals surface area contributed by atoms with E-state index < -0.39 is 0 Å². The molecule has 20 heavy (non-hydrogen) atoms. The zero-order valence-electron chi connectivity index (χ0n) is 12.2. The summed E-state index contributed by atoms with van der Waals surface area (Å²) in [5, 5.41) is 8.85. The van der Waals surface area contributed by atoms with Gasteiger partial charge in [-0.25, -0.2) is 0 Å². The van der Waals surface area contributed by atoms with Gasteiger partial charge in [0.2, 0.25) is 0 Å². The maximum absolute atomic E-state index is 8.85. The number of methoxy groups -OCH3 is 1. The second-order valence-corrected chi connectivity index (χ2v) is 5.32. The van der Waals surface area contributed by atoms with Crippen molar-refractivity contribution in [1.29, 1.82) is 0 Å². The first-order valence-corrected chi connectivity index (χ1v) is 7.17. The topological polar surface area (TPSA) is 38.7 Å². The molecule has 1 fully saturated rings. The molecule has 0 unspecified atom stereocenters. The Morgan fingerprint density at radius 1 is 1.25 bits per heavy atom. The van der Waals surface area contributed by atoms with Crippen molar-refractivity contribution in [3.8, 4) is 23.3 Å². The van der Waals surface area contributed by atoms with Gasteiger partial charge >= 0.3 is 0 Å². The predicted octanol–water partition coefficient (Wildman–Crippen LogP) is 3.00. The highest BCUT2D eigenvalue weighted by atomic mass is 16.5. The highest BCUT2D eigenvalue weighted by Gasteiger charge is 2.20. The van der Waals surface area contributed by atoms with E-state index in [0.29, 0.717) is 0 Å². The highest BCUT2D eigenvalue weighted by Crippen LogP contribution is 2.30. The second kappa shape index (κ2) is 7.21. The summed E-state index contributed by atoms with van der Waals surface area (Å²) < 4.78 is 11.3. The molecule has 3 nitrogen and oxygen atoms in total. The van der Waals surface area contributed by atoms with E-state index in [1.54, 1.807) is 7.11 Å². The van der Waals surface area contributed by atoms with Gasteiger partial charge in [-0.2, -0.15) is 0 Å². The first-order chi connectivity index (χ1) is 9.72. The van der Waals surface area contributed by atoms with Gasteiger partial charge in [-0.05, 0) is 49.8 Å². The summed E-state index contributed by atoms with van der Waals surface area (Å²) in [6.45, 7) is 2.14. The van der Waals surface area contributed by atoms with Crippen molar-refractivity contribution >= 4 is 0 Å². The molecule has 0 aromatic heterocycles. The van der Waals surface area contributed by atoms with Crippen LogP contribution in [0.4, 0.5) is 0 Å². The van der Waals surface area contributed by atoms with Crippen LogP contribution in [0.5, 0.6) is 11.5 Å². The molecule has 1 saturated carbocycles. The van der Waals surface area contributed by atoms with E-state index in [1.807, 2.05) is 18.2 Å². The molecule has 3 heteroatoms. The van der Waals surface area contributed by atoms with Crippen molar-refractivity contribution in [1.82, 2.24) is 0 Å². The molecule has 0 atom stereocenters. The van der Waals surface area contributed by atoms with Crippen LogP contribution in [0.1, 0.15) is 38.2 Å². The Hall–Kier alpha value is -1.66. The van der Waals surface area contributed by atoms with Crippen molar-refractivity contribution in [2.45, 2.75) is 38.7 Å². The van der Waals surface area contributed by atoms with Crippen molar-refractivity contribution in [2.75, 3.05) is 13.7 Å². The minimum absolute atomic E-state index is 0.155. The lowest BCUT2D eigenvalue weighted by molar-refractivity contribution is 0.135. The number of benzene rings is 1. The van der Waals surface area contributed by atoms with Gasteiger partial charge in [-0.3, -0.25) is 0 Å². The molecule has 1 N–H and O–H groups in total. The van der Waals surface area contributed by atoms with Crippen LogP contribution < -0.4 is 9.47 Å². The van der Waals surface area contributed by atoms with Crippen LogP contribution in [-0.4, -0.2) is 24.9 Å². The molecule has 0 bridgehead atoms. The van der Waals surface area contributed by atoms with Crippen LogP contribution in [0.15, 0.2) is 18.2 Å². The number of aliphatic hydroxyl groups is 1. The minimum atomic E-state index is -0.155. The van der Waals surface area contributed by atoms with E-state index in [4.69, 9.17) is 14.6 Å². The van der Waals surface area contributed by atoms with E-state index in [0.717, 1.165) is 35.8 Å². The van der Waals surface area contributed by atoms with Gasteiger partial charge in [0.05, 0.1) is 18.8 Å². The summed E-state index contributed by atoms with van der Waals surface area (Å²) in [6.07, 6.45) is 4.91. The molecule has 0 spiro atoms. The number of aliphatic hydroxyl groups excluding tert-OH is 1. The van der Waals surface area contributed by atoms with Crippen molar-refractivity contribution in [3.63, 3.8) is 0 Å². The third-order valence-electron chi connectivity index (χ3n) is 3.75. The van der Waals surface area contributed by atoms with Crippen LogP contribution in [0.3, 0.4) is 0 Å². The van der Waals surface area contributed by atoms with Crippen LogP contribution in [0.25, 0.3) is 0 Å². The second-order valence-electron chi connectivity index (χ2n) is 5.32. The Kier molecular flexibility index (Phi) is 5.31. The Morgan fingerprint density at radius 2 is 2.00 bits per heavy atom. The van der Waals surface area contributed by atoms with Gasteiger partial charge in [-0.1, -0.05) is 18.8 Å². The molecular weight excluding hydrogens is 252 g/mol. The molecule has 0 heterocycles. The van der Waals surface area contributed by atoms with Crippen LogP contribution in [0, 0.1) is 17.8 Å². The van der Waals surface area contributed by atoms with Crippen LogP contribution >= 0.6 is 0 Å². The first-order valence-electron chi connectivity index (χ1n) is 7.17. The Morgan fingerprint density at radius 3 is 2.65 bits per heavy atom. The Labute approximate surface area is 120 Å². The average Bonchev–Trinajstić information content (AvgIpc) is 2.48. The molecule has 0 aliphatic heterocycles. The summed E-state index contributed by atoms with van der Waals surface area (Å²) >= 11 is 0. The van der Waals surface area contributed by atoms with Gasteiger partial charge in [0.15, 0.2) is 0 Å². The van der Waals surface area contributed by atoms with E-state index in [9.17, 15) is 0 Å². The van der Waals surface area contributed by atoms with E-state index in [-0.39, 0.29) is 12.7 Å². The quantitative estimate of drug-likeness (QED) is 0.861. The Bertz CT molecular complexity index is 491. The van der Waals surface area contributed by atoms with Gasteiger partial charge < -0.3 is 14.6 Å². The summed E-state index contributed by atoms with van der Waals surface area (Å²) in [6, 6.07) is 5.63. The number of ether oxygens (including phenoxy) is 2. The van der Waals surface area contributed by atoms with Crippen LogP contribution in [-0.2, 0) is 0 Å². The summed E-state index contributed by atoms with van der Waals surface area (Å²) in [4.78, 5) is 0. The normalized spacial score (nSPS) is 21.8. The lowest BCUT2D eigenvalue weighted by Gasteiger charge is -2.27. The molecule has 0 radical (unpaired) electrons. The van der Waals surface area contributed by atoms with Gasteiger partial charge in [0, 0.05) is 0 Å². The number of hydrogen-bond donors (Lipinski definition) is 1. The maximum Gasteiger partial charge on any atom is 0.135 e. The highest BCUT2D eigenvalue weighted by molar-refractivity contribution is 5.50. The lowest BCUT2D eigenvalue weighted by Crippen LogP contribution is -2.23. The Balaban J connectivity index is 2.13. The van der Waals surface area contributed by atoms with Gasteiger partial charge in [0.1, 0.15) is 18.1 Å². The smallest absolute Gasteiger partial charge is 0.135 e. The average molecular weight is 274 g/mol. The minimum Gasteiger partial charge on any atom is -0.497 e. The van der Waals surface area contributed by atoms with Gasteiger partial charge in [-0.15, -0.1) is 0 Å². The molecule has 0 saturated heterocycles. The molecule has 1 aliphatic carbocycles. The standard InChI is InChI=1S/C17H22O3/c1-13-5-7-15(8-6-13)20-17-10-9-16(19-2)12-14(17)4-3-11-18/h9-10,12-13,15,18H,5-8,11H2,1-2H3. The van der Waals surface area contributed by atoms with Gasteiger partial charge in [0.25, 0.3) is 0 Å². The zero-order valence-corrected chi connectivity index (χ0v) is 12.2. The molecule has 1 aromatic rings. The SMILES string of the molecule is COc1ccc(OC2CCC(C)CC2)c(C#CCO)c1. The van der Waals surface area contributed by atoms with Crippen molar-refractivity contribution in [3.05, 3.63) is 23.8 Å². The van der Waals surface area contributed by atoms with E-state index in [2.05, 4.69) is 18.8 Å². The third kappa shape index (κ3) is 3.91. The molecule has 108 valence electrons. The first kappa shape index (κ1) is 14.7. The fourth-order valence-corrected chi connectivity index (χ4v) is 2.50. The molecule has 0 amide bonds. The summed E-state index contributed by atoms with van der Waals surface area (Å²) in [5.74, 6) is 7.94. The molecule has 2 rings (SSSR count). The van der Waals surface area contributed by atoms with Crippen molar-refractivity contribution in [2.24, 2.45) is 5.92 Å². The largest absolute Gasteiger partial charge is 0.497 e. The molecule has 1 aliphatic rings. The fourth-order valence-electron chi connectivity index (χ4n) is 2.50. The number of hydrogen-bond acceptors (Lipinski definition) is 3. The summed E-state index contributed by atoms with van der Waals surface area (Å²) in [5.41, 5.74) is 0.775. The maximum atomic E-state index is 8.85. The van der Waals surface area contributed by atoms with E-state index in [1.165, 1.54) is 12.8 Å². The van der Waals surface area contributed by atoms with Crippen molar-refractivity contribution < 1.29 is 14.6 Å². The fraction of sp³-hybridized carbons (Fsp3) is 0.529. The zero-order chi connectivity index (χ0) is 14.4. The monoisotopic (exact) mass is 274 g/mol.